The summed E-state index contributed by atoms with van der Waals surface area (Å²) in [5.41, 5.74) is 10.1. The predicted molar refractivity (Wildman–Crippen MR) is 231 cm³/mol. The average Bonchev–Trinajstić information content (AvgIpc) is 3.98. The van der Waals surface area contributed by atoms with Gasteiger partial charge in [0.05, 0.1) is 28.6 Å². The molecule has 0 N–H and O–H groups in total. The molecular formula is C51H27N3O2. The topological polar surface area (TPSA) is 40.5 Å². The first-order valence-corrected chi connectivity index (χ1v) is 18.8. The van der Waals surface area contributed by atoms with Gasteiger partial charge in [-0.25, -0.2) is 4.85 Å². The van der Waals surface area contributed by atoms with Crippen molar-refractivity contribution >= 4 is 115 Å². The maximum atomic E-state index is 8.14. The normalized spacial score (nSPS) is 12.3. The lowest BCUT2D eigenvalue weighted by molar-refractivity contribution is 0.665. The van der Waals surface area contributed by atoms with E-state index in [0.717, 1.165) is 65.6 Å². The second-order valence-corrected chi connectivity index (χ2v) is 14.8. The lowest BCUT2D eigenvalue weighted by Gasteiger charge is -2.09. The fraction of sp³-hybridized carbons (Fsp3) is 0. The van der Waals surface area contributed by atoms with Gasteiger partial charge in [0.1, 0.15) is 22.3 Å². The zero-order chi connectivity index (χ0) is 36.6. The molecule has 0 amide bonds. The number of benzene rings is 9. The number of aromatic nitrogens is 2. The highest BCUT2D eigenvalue weighted by atomic mass is 16.3. The van der Waals surface area contributed by atoms with Gasteiger partial charge in [0.15, 0.2) is 0 Å². The number of furan rings is 2. The summed E-state index contributed by atoms with van der Waals surface area (Å²) in [6.45, 7) is 8.14. The van der Waals surface area contributed by atoms with Crippen LogP contribution in [0.4, 0.5) is 5.69 Å². The van der Waals surface area contributed by atoms with Gasteiger partial charge in [0.25, 0.3) is 0 Å². The lowest BCUT2D eigenvalue weighted by atomic mass is 10.00. The Morgan fingerprint density at radius 3 is 1.30 bits per heavy atom. The van der Waals surface area contributed by atoms with Crippen LogP contribution in [0.25, 0.3) is 125 Å². The van der Waals surface area contributed by atoms with Crippen molar-refractivity contribution < 1.29 is 8.83 Å². The van der Waals surface area contributed by atoms with Gasteiger partial charge >= 0.3 is 0 Å². The molecule has 4 heterocycles. The number of hydrogen-bond donors (Lipinski definition) is 0. The van der Waals surface area contributed by atoms with Crippen LogP contribution in [0.2, 0.25) is 0 Å². The predicted octanol–water partition coefficient (Wildman–Crippen LogP) is 14.5. The van der Waals surface area contributed by atoms with E-state index in [2.05, 4.69) is 172 Å². The third-order valence-electron chi connectivity index (χ3n) is 11.8. The molecule has 0 fully saturated rings. The monoisotopic (exact) mass is 713 g/mol. The second-order valence-electron chi connectivity index (χ2n) is 14.8. The van der Waals surface area contributed by atoms with Crippen LogP contribution >= 0.6 is 0 Å². The second kappa shape index (κ2) is 10.7. The fourth-order valence-corrected chi connectivity index (χ4v) is 9.41. The van der Waals surface area contributed by atoms with Crippen molar-refractivity contribution in [2.45, 2.75) is 0 Å². The van der Waals surface area contributed by atoms with E-state index in [9.17, 15) is 0 Å². The van der Waals surface area contributed by atoms with E-state index in [1.54, 1.807) is 0 Å². The molecule has 5 heteroatoms. The molecule has 13 rings (SSSR count). The van der Waals surface area contributed by atoms with E-state index in [1.165, 1.54) is 43.6 Å². The quantitative estimate of drug-likeness (QED) is 0.167. The zero-order valence-corrected chi connectivity index (χ0v) is 29.7. The van der Waals surface area contributed by atoms with Gasteiger partial charge in [0, 0.05) is 54.5 Å². The molecule has 5 nitrogen and oxygen atoms in total. The maximum Gasteiger partial charge on any atom is 0.233 e. The molecular weight excluding hydrogens is 687 g/mol. The molecule has 0 aliphatic heterocycles. The van der Waals surface area contributed by atoms with Crippen LogP contribution in [0.1, 0.15) is 0 Å². The SMILES string of the molecule is [C-]#[N+]c1cc2oc3cc4cc(-n5c6ccccc6c6ccccc65)ccc4cc3c2c2c1oc1cc3cc(-n4c5ccccc5c5ccccc54)ccc3cc12. The van der Waals surface area contributed by atoms with Gasteiger partial charge in [-0.05, 0) is 100 Å². The highest BCUT2D eigenvalue weighted by molar-refractivity contribution is 6.30. The molecule has 9 aromatic carbocycles. The van der Waals surface area contributed by atoms with Crippen molar-refractivity contribution in [3.8, 4) is 11.4 Å². The van der Waals surface area contributed by atoms with Crippen LogP contribution in [0.15, 0.2) is 173 Å². The third kappa shape index (κ3) is 3.87. The number of rotatable bonds is 2. The van der Waals surface area contributed by atoms with Crippen LogP contribution in [0.5, 0.6) is 0 Å². The van der Waals surface area contributed by atoms with Crippen LogP contribution in [-0.4, -0.2) is 9.13 Å². The summed E-state index contributed by atoms with van der Waals surface area (Å²) in [5.74, 6) is 0. The molecule has 0 saturated heterocycles. The van der Waals surface area contributed by atoms with E-state index in [4.69, 9.17) is 15.4 Å². The Kier molecular flexibility index (Phi) is 5.64. The first-order valence-electron chi connectivity index (χ1n) is 18.8. The molecule has 0 aliphatic rings. The Balaban J connectivity index is 1.02. The Bertz CT molecular complexity index is 3800. The van der Waals surface area contributed by atoms with Crippen LogP contribution in [0.3, 0.4) is 0 Å². The molecule has 4 aromatic heterocycles. The van der Waals surface area contributed by atoms with Crippen molar-refractivity contribution in [1.29, 1.82) is 0 Å². The van der Waals surface area contributed by atoms with Crippen LogP contribution < -0.4 is 0 Å². The minimum atomic E-state index is 0.441. The van der Waals surface area contributed by atoms with Crippen LogP contribution in [0, 0.1) is 6.57 Å². The molecule has 0 atom stereocenters. The van der Waals surface area contributed by atoms with Crippen molar-refractivity contribution in [1.82, 2.24) is 9.13 Å². The Morgan fingerprint density at radius 1 is 0.375 bits per heavy atom. The Morgan fingerprint density at radius 2 is 0.821 bits per heavy atom. The van der Waals surface area contributed by atoms with Crippen molar-refractivity contribution in [2.24, 2.45) is 0 Å². The van der Waals surface area contributed by atoms with Gasteiger partial charge in [-0.15, -0.1) is 0 Å². The van der Waals surface area contributed by atoms with E-state index < -0.39 is 0 Å². The molecule has 0 radical (unpaired) electrons. The minimum Gasteiger partial charge on any atom is -0.467 e. The molecule has 258 valence electrons. The van der Waals surface area contributed by atoms with Gasteiger partial charge in [-0.3, -0.25) is 0 Å². The molecule has 0 aliphatic carbocycles. The maximum absolute atomic E-state index is 8.14. The van der Waals surface area contributed by atoms with Gasteiger partial charge in [-0.1, -0.05) is 84.9 Å². The van der Waals surface area contributed by atoms with E-state index >= 15 is 0 Å². The van der Waals surface area contributed by atoms with Gasteiger partial charge in [-0.2, -0.15) is 0 Å². The van der Waals surface area contributed by atoms with Crippen molar-refractivity contribution in [3.05, 3.63) is 175 Å². The van der Waals surface area contributed by atoms with Gasteiger partial charge in [0.2, 0.25) is 5.69 Å². The standard InChI is InChI=1S/C51H27N3O2/c1-52-41-28-48-49(39-24-29-18-20-33(22-31(29)26-46(39)55-48)53-42-14-6-2-10-35(42)36-11-3-7-15-43(36)53)50-40-25-30-19-21-34(23-32(30)27-47(40)56-51(41)50)54-44-16-8-4-12-37(44)38-13-5-9-17-45(38)54/h2-28H. The van der Waals surface area contributed by atoms with Crippen molar-refractivity contribution in [3.63, 3.8) is 0 Å². The van der Waals surface area contributed by atoms with E-state index in [1.807, 2.05) is 6.07 Å². The summed E-state index contributed by atoms with van der Waals surface area (Å²) in [6.07, 6.45) is 0. The van der Waals surface area contributed by atoms with Crippen molar-refractivity contribution in [2.75, 3.05) is 0 Å². The number of hydrogen-bond acceptors (Lipinski definition) is 2. The zero-order valence-electron chi connectivity index (χ0n) is 29.7. The summed E-state index contributed by atoms with van der Waals surface area (Å²) in [4.78, 5) is 3.92. The average molecular weight is 714 g/mol. The fourth-order valence-electron chi connectivity index (χ4n) is 9.41. The lowest BCUT2D eigenvalue weighted by Crippen LogP contribution is -1.93. The third-order valence-corrected chi connectivity index (χ3v) is 11.8. The molecule has 0 spiro atoms. The van der Waals surface area contributed by atoms with Gasteiger partial charge < -0.3 is 18.0 Å². The van der Waals surface area contributed by atoms with Crippen LogP contribution in [-0.2, 0) is 0 Å². The largest absolute Gasteiger partial charge is 0.467 e. The molecule has 13 aromatic rings. The Labute approximate surface area is 318 Å². The number of nitrogens with zero attached hydrogens (tertiary/aromatic N) is 3. The summed E-state index contributed by atoms with van der Waals surface area (Å²) in [7, 11) is 0. The first kappa shape index (κ1) is 29.6. The number of fused-ring (bicyclic) bond motifs is 15. The van der Waals surface area contributed by atoms with E-state index in [-0.39, 0.29) is 0 Å². The summed E-state index contributed by atoms with van der Waals surface area (Å²) in [5, 5.41) is 13.2. The first-order chi connectivity index (χ1) is 27.7. The molecule has 0 bridgehead atoms. The molecule has 56 heavy (non-hydrogen) atoms. The molecule has 0 unspecified atom stereocenters. The smallest absolute Gasteiger partial charge is 0.233 e. The summed E-state index contributed by atoms with van der Waals surface area (Å²) >= 11 is 0. The number of para-hydroxylation sites is 4. The molecule has 0 saturated carbocycles. The highest BCUT2D eigenvalue weighted by Gasteiger charge is 2.22. The van der Waals surface area contributed by atoms with E-state index in [0.29, 0.717) is 16.9 Å². The Hall–Kier alpha value is -7.81. The minimum absolute atomic E-state index is 0.441. The highest BCUT2D eigenvalue weighted by Crippen LogP contribution is 2.46. The summed E-state index contributed by atoms with van der Waals surface area (Å²) < 4.78 is 17.9. The summed E-state index contributed by atoms with van der Waals surface area (Å²) in [6, 6.07) is 58.1.